The number of benzene rings is 4. The van der Waals surface area contributed by atoms with Crippen molar-refractivity contribution in [1.82, 2.24) is 0 Å². The molecule has 5 nitrogen and oxygen atoms in total. The predicted octanol–water partition coefficient (Wildman–Crippen LogP) is 5.97. The molecule has 0 fully saturated rings. The van der Waals surface area contributed by atoms with Gasteiger partial charge in [0.25, 0.3) is 0 Å². The summed E-state index contributed by atoms with van der Waals surface area (Å²) in [6, 6.07) is 27.1. The van der Waals surface area contributed by atoms with Gasteiger partial charge in [-0.25, -0.2) is 0 Å². The SMILES string of the molecule is CC(C)(N)[C@H](O)c1cc(CCCOc2ccc(-c3ccccc3C=O)cc2C#N)cc2ccccc12. The van der Waals surface area contributed by atoms with Gasteiger partial charge in [-0.05, 0) is 71.8 Å². The molecule has 0 spiro atoms. The van der Waals surface area contributed by atoms with Crippen LogP contribution in [-0.4, -0.2) is 23.5 Å². The van der Waals surface area contributed by atoms with Gasteiger partial charge in [0.15, 0.2) is 6.29 Å². The Morgan fingerprint density at radius 2 is 1.81 bits per heavy atom. The summed E-state index contributed by atoms with van der Waals surface area (Å²) in [7, 11) is 0. The molecule has 0 bridgehead atoms. The molecule has 4 aromatic carbocycles. The normalized spacial score (nSPS) is 12.2. The van der Waals surface area contributed by atoms with Gasteiger partial charge in [-0.1, -0.05) is 66.7 Å². The lowest BCUT2D eigenvalue weighted by Gasteiger charge is -2.27. The van der Waals surface area contributed by atoms with Crippen LogP contribution in [0.3, 0.4) is 0 Å². The molecule has 0 aliphatic heterocycles. The van der Waals surface area contributed by atoms with Crippen molar-refractivity contribution in [3.8, 4) is 22.9 Å². The van der Waals surface area contributed by atoms with Crippen molar-refractivity contribution in [1.29, 1.82) is 5.26 Å². The van der Waals surface area contributed by atoms with Gasteiger partial charge in [0.1, 0.15) is 11.8 Å². The van der Waals surface area contributed by atoms with Crippen LogP contribution in [0, 0.1) is 11.3 Å². The number of nitrogens with two attached hydrogens (primary N) is 1. The number of nitriles is 1. The minimum absolute atomic E-state index is 0.425. The highest BCUT2D eigenvalue weighted by atomic mass is 16.5. The zero-order chi connectivity index (χ0) is 25.7. The zero-order valence-corrected chi connectivity index (χ0v) is 20.6. The Morgan fingerprint density at radius 1 is 1.06 bits per heavy atom. The average Bonchev–Trinajstić information content (AvgIpc) is 2.89. The van der Waals surface area contributed by atoms with E-state index in [1.54, 1.807) is 18.2 Å². The van der Waals surface area contributed by atoms with Gasteiger partial charge in [0.05, 0.1) is 18.3 Å². The number of aliphatic hydroxyl groups excluding tert-OH is 1. The second kappa shape index (κ2) is 10.7. The molecule has 0 unspecified atom stereocenters. The van der Waals surface area contributed by atoms with Gasteiger partial charge in [-0.15, -0.1) is 0 Å². The highest BCUT2D eigenvalue weighted by Gasteiger charge is 2.26. The maximum Gasteiger partial charge on any atom is 0.150 e. The minimum atomic E-state index is -0.792. The first-order valence-electron chi connectivity index (χ1n) is 12.0. The molecule has 0 radical (unpaired) electrons. The van der Waals surface area contributed by atoms with Gasteiger partial charge >= 0.3 is 0 Å². The molecule has 0 aliphatic rings. The summed E-state index contributed by atoms with van der Waals surface area (Å²) in [6.45, 7) is 4.08. The van der Waals surface area contributed by atoms with E-state index in [4.69, 9.17) is 10.5 Å². The smallest absolute Gasteiger partial charge is 0.150 e. The molecular formula is C31H30N2O3. The summed E-state index contributed by atoms with van der Waals surface area (Å²) in [4.78, 5) is 11.4. The Balaban J connectivity index is 1.48. The number of fused-ring (bicyclic) bond motifs is 1. The molecule has 0 saturated heterocycles. The molecular weight excluding hydrogens is 448 g/mol. The Hall–Kier alpha value is -3.98. The van der Waals surface area contributed by atoms with Crippen LogP contribution in [0.25, 0.3) is 21.9 Å². The van der Waals surface area contributed by atoms with Crippen LogP contribution in [0.15, 0.2) is 78.9 Å². The van der Waals surface area contributed by atoms with Gasteiger partial charge in [0, 0.05) is 11.1 Å². The van der Waals surface area contributed by atoms with Crippen LogP contribution in [0.5, 0.6) is 5.75 Å². The summed E-state index contributed by atoms with van der Waals surface area (Å²) in [5.41, 5.74) is 9.95. The number of rotatable bonds is 9. The lowest BCUT2D eigenvalue weighted by molar-refractivity contribution is 0.106. The number of nitrogens with zero attached hydrogens (tertiary/aromatic N) is 1. The van der Waals surface area contributed by atoms with Crippen molar-refractivity contribution >= 4 is 17.1 Å². The van der Waals surface area contributed by atoms with Crippen molar-refractivity contribution in [3.05, 3.63) is 101 Å². The van der Waals surface area contributed by atoms with E-state index < -0.39 is 11.6 Å². The van der Waals surface area contributed by atoms with Crippen molar-refractivity contribution in [3.63, 3.8) is 0 Å². The highest BCUT2D eigenvalue weighted by Crippen LogP contribution is 2.32. The van der Waals surface area contributed by atoms with E-state index in [2.05, 4.69) is 12.1 Å². The fourth-order valence-corrected chi connectivity index (χ4v) is 4.41. The molecule has 5 heteroatoms. The molecule has 36 heavy (non-hydrogen) atoms. The Bertz CT molecular complexity index is 1430. The summed E-state index contributed by atoms with van der Waals surface area (Å²) in [5.74, 6) is 0.518. The summed E-state index contributed by atoms with van der Waals surface area (Å²) < 4.78 is 5.96. The highest BCUT2D eigenvalue weighted by molar-refractivity contribution is 5.88. The molecule has 4 rings (SSSR count). The molecule has 0 amide bonds. The fourth-order valence-electron chi connectivity index (χ4n) is 4.41. The van der Waals surface area contributed by atoms with E-state index >= 15 is 0 Å². The lowest BCUT2D eigenvalue weighted by atomic mass is 9.87. The fraction of sp³-hybridized carbons (Fsp3) is 0.226. The molecule has 0 aromatic heterocycles. The zero-order valence-electron chi connectivity index (χ0n) is 20.6. The first-order valence-corrected chi connectivity index (χ1v) is 12.0. The van der Waals surface area contributed by atoms with Crippen molar-refractivity contribution in [2.24, 2.45) is 5.73 Å². The number of aryl methyl sites for hydroxylation is 1. The lowest BCUT2D eigenvalue weighted by Crippen LogP contribution is -2.39. The topological polar surface area (TPSA) is 96.3 Å². The van der Waals surface area contributed by atoms with Crippen LogP contribution in [-0.2, 0) is 6.42 Å². The number of ether oxygens (including phenoxy) is 1. The van der Waals surface area contributed by atoms with E-state index in [1.807, 2.05) is 68.4 Å². The van der Waals surface area contributed by atoms with Crippen molar-refractivity contribution < 1.29 is 14.6 Å². The number of hydrogen-bond donors (Lipinski definition) is 2. The molecule has 182 valence electrons. The molecule has 1 atom stereocenters. The summed E-state index contributed by atoms with van der Waals surface area (Å²) >= 11 is 0. The quantitative estimate of drug-likeness (QED) is 0.228. The summed E-state index contributed by atoms with van der Waals surface area (Å²) in [5, 5.41) is 22.6. The second-order valence-corrected chi connectivity index (χ2v) is 9.61. The molecule has 0 heterocycles. The Labute approximate surface area is 211 Å². The third-order valence-electron chi connectivity index (χ3n) is 6.32. The standard InChI is InChI=1S/C31H30N2O3/c1-31(2,33)30(35)28-17-21(16-22-9-3-6-12-27(22)28)8-7-15-36-29-14-13-23(18-25(29)19-32)26-11-5-4-10-24(26)20-34/h3-6,9-14,16-18,20,30,35H,7-8,15,33H2,1-2H3/t30-/m1/s1. The third kappa shape index (κ3) is 5.46. The molecule has 0 aliphatic carbocycles. The van der Waals surface area contributed by atoms with Crippen LogP contribution in [0.4, 0.5) is 0 Å². The number of hydrogen-bond acceptors (Lipinski definition) is 5. The van der Waals surface area contributed by atoms with Crippen LogP contribution >= 0.6 is 0 Å². The first kappa shape index (κ1) is 25.1. The van der Waals surface area contributed by atoms with Crippen LogP contribution in [0.2, 0.25) is 0 Å². The number of aldehydes is 1. The average molecular weight is 479 g/mol. The van der Waals surface area contributed by atoms with E-state index in [0.717, 1.165) is 52.2 Å². The maximum atomic E-state index is 11.4. The number of carbonyl (C=O) groups excluding carboxylic acids is 1. The number of carbonyl (C=O) groups is 1. The Kier molecular flexibility index (Phi) is 7.49. The van der Waals surface area contributed by atoms with Crippen LogP contribution < -0.4 is 10.5 Å². The minimum Gasteiger partial charge on any atom is -0.492 e. The second-order valence-electron chi connectivity index (χ2n) is 9.61. The van der Waals surface area contributed by atoms with E-state index in [-0.39, 0.29) is 0 Å². The molecule has 3 N–H and O–H groups in total. The number of aliphatic hydroxyl groups is 1. The first-order chi connectivity index (χ1) is 17.3. The molecule has 4 aromatic rings. The maximum absolute atomic E-state index is 11.4. The Morgan fingerprint density at radius 3 is 2.56 bits per heavy atom. The van der Waals surface area contributed by atoms with Gasteiger partial charge < -0.3 is 15.6 Å². The monoisotopic (exact) mass is 478 g/mol. The molecule has 0 saturated carbocycles. The van der Waals surface area contributed by atoms with E-state index in [0.29, 0.717) is 23.5 Å². The predicted molar refractivity (Wildman–Crippen MR) is 143 cm³/mol. The van der Waals surface area contributed by atoms with Crippen LogP contribution in [0.1, 0.15) is 53.4 Å². The van der Waals surface area contributed by atoms with Crippen molar-refractivity contribution in [2.45, 2.75) is 38.3 Å². The van der Waals surface area contributed by atoms with Gasteiger partial charge in [-0.3, -0.25) is 4.79 Å². The van der Waals surface area contributed by atoms with Gasteiger partial charge in [-0.2, -0.15) is 5.26 Å². The largest absolute Gasteiger partial charge is 0.492 e. The van der Waals surface area contributed by atoms with E-state index in [1.165, 1.54) is 0 Å². The van der Waals surface area contributed by atoms with E-state index in [9.17, 15) is 15.2 Å². The summed E-state index contributed by atoms with van der Waals surface area (Å²) in [6.07, 6.45) is 1.51. The third-order valence-corrected chi connectivity index (χ3v) is 6.32. The van der Waals surface area contributed by atoms with Gasteiger partial charge in [0.2, 0.25) is 0 Å². The van der Waals surface area contributed by atoms with Crippen molar-refractivity contribution in [2.75, 3.05) is 6.61 Å².